The second-order valence-electron chi connectivity index (χ2n) is 4.85. The van der Waals surface area contributed by atoms with Crippen LogP contribution in [-0.2, 0) is 0 Å². The highest BCUT2D eigenvalue weighted by Gasteiger charge is 2.16. The van der Waals surface area contributed by atoms with E-state index < -0.39 is 0 Å². The Hall–Kier alpha value is -2.36. The first-order chi connectivity index (χ1) is 10.2. The van der Waals surface area contributed by atoms with Crippen LogP contribution in [-0.4, -0.2) is 24.0 Å². The molecule has 1 aromatic heterocycles. The molecule has 0 aliphatic rings. The number of carbonyl (C=O) groups is 1. The molecule has 1 N–H and O–H groups in total. The highest BCUT2D eigenvalue weighted by atomic mass is 16.2. The predicted octanol–water partition coefficient (Wildman–Crippen LogP) is 3.49. The highest BCUT2D eigenvalue weighted by molar-refractivity contribution is 6.06. The largest absolute Gasteiger partial charge is 0.370 e. The molecule has 4 nitrogen and oxygen atoms in total. The third-order valence-corrected chi connectivity index (χ3v) is 3.24. The Morgan fingerprint density at radius 2 is 2.05 bits per heavy atom. The number of hydrogen-bond donors (Lipinski definition) is 1. The van der Waals surface area contributed by atoms with Crippen molar-refractivity contribution in [3.8, 4) is 0 Å². The molecule has 110 valence electrons. The lowest BCUT2D eigenvalue weighted by molar-refractivity contribution is 0.0988. The van der Waals surface area contributed by atoms with Gasteiger partial charge in [-0.05, 0) is 50.6 Å². The van der Waals surface area contributed by atoms with Gasteiger partial charge in [-0.25, -0.2) is 4.98 Å². The Balaban J connectivity index is 2.30. The van der Waals surface area contributed by atoms with Crippen LogP contribution in [0.2, 0.25) is 0 Å². The minimum absolute atomic E-state index is 0.00958. The Labute approximate surface area is 125 Å². The van der Waals surface area contributed by atoms with Crippen molar-refractivity contribution in [3.05, 3.63) is 53.7 Å². The summed E-state index contributed by atoms with van der Waals surface area (Å²) in [7, 11) is 0. The van der Waals surface area contributed by atoms with E-state index in [0.717, 1.165) is 23.6 Å². The van der Waals surface area contributed by atoms with E-state index in [-0.39, 0.29) is 5.91 Å². The zero-order valence-corrected chi connectivity index (χ0v) is 12.8. The number of hydrogen-bond acceptors (Lipinski definition) is 3. The Morgan fingerprint density at radius 1 is 1.24 bits per heavy atom. The van der Waals surface area contributed by atoms with E-state index in [9.17, 15) is 4.79 Å². The molecular formula is C17H21N3O. The molecule has 0 aliphatic carbocycles. The van der Waals surface area contributed by atoms with Crippen molar-refractivity contribution in [3.63, 3.8) is 0 Å². The summed E-state index contributed by atoms with van der Waals surface area (Å²) < 4.78 is 0. The number of nitrogens with one attached hydrogen (secondary N) is 1. The molecule has 0 bridgehead atoms. The van der Waals surface area contributed by atoms with Gasteiger partial charge in [0.2, 0.25) is 0 Å². The molecule has 4 heteroatoms. The van der Waals surface area contributed by atoms with E-state index in [2.05, 4.69) is 10.3 Å². The number of carbonyl (C=O) groups excluding carboxylic acids is 1. The fraction of sp³-hybridized carbons (Fsp3) is 0.294. The van der Waals surface area contributed by atoms with E-state index in [1.807, 2.05) is 45.0 Å². The monoisotopic (exact) mass is 283 g/mol. The van der Waals surface area contributed by atoms with Crippen molar-refractivity contribution < 1.29 is 4.79 Å². The second-order valence-corrected chi connectivity index (χ2v) is 4.85. The molecule has 0 spiro atoms. The molecule has 1 heterocycles. The second kappa shape index (κ2) is 6.88. The molecule has 0 saturated carbocycles. The molecule has 0 aliphatic heterocycles. The van der Waals surface area contributed by atoms with Crippen molar-refractivity contribution in [1.29, 1.82) is 0 Å². The predicted molar refractivity (Wildman–Crippen MR) is 86.9 cm³/mol. The van der Waals surface area contributed by atoms with Gasteiger partial charge in [0.25, 0.3) is 5.91 Å². The van der Waals surface area contributed by atoms with Gasteiger partial charge in [0.1, 0.15) is 5.82 Å². The van der Waals surface area contributed by atoms with Crippen LogP contribution in [0.3, 0.4) is 0 Å². The van der Waals surface area contributed by atoms with E-state index in [0.29, 0.717) is 12.1 Å². The van der Waals surface area contributed by atoms with Gasteiger partial charge in [0, 0.05) is 30.5 Å². The van der Waals surface area contributed by atoms with Crippen molar-refractivity contribution in [1.82, 2.24) is 4.98 Å². The summed E-state index contributed by atoms with van der Waals surface area (Å²) in [5.41, 5.74) is 2.70. The zero-order valence-electron chi connectivity index (χ0n) is 12.8. The number of rotatable bonds is 5. The van der Waals surface area contributed by atoms with Gasteiger partial charge >= 0.3 is 0 Å². The lowest BCUT2D eigenvalue weighted by Gasteiger charge is -2.21. The normalized spacial score (nSPS) is 10.2. The third-order valence-electron chi connectivity index (χ3n) is 3.24. The van der Waals surface area contributed by atoms with E-state index in [1.165, 1.54) is 0 Å². The van der Waals surface area contributed by atoms with Crippen LogP contribution in [0.4, 0.5) is 11.5 Å². The number of amides is 1. The van der Waals surface area contributed by atoms with Crippen LogP contribution in [0.1, 0.15) is 29.8 Å². The fourth-order valence-electron chi connectivity index (χ4n) is 2.24. The fourth-order valence-corrected chi connectivity index (χ4v) is 2.24. The SMILES string of the molecule is CCNc1cc(C(=O)N(CC)c2cccc(C)c2)ccn1. The molecule has 2 aromatic rings. The van der Waals surface area contributed by atoms with Gasteiger partial charge in [-0.3, -0.25) is 4.79 Å². The van der Waals surface area contributed by atoms with Gasteiger partial charge in [-0.1, -0.05) is 12.1 Å². The minimum Gasteiger partial charge on any atom is -0.370 e. The molecule has 0 atom stereocenters. The Bertz CT molecular complexity index is 625. The molecule has 0 unspecified atom stereocenters. The Kier molecular flexibility index (Phi) is 4.93. The molecule has 21 heavy (non-hydrogen) atoms. The average Bonchev–Trinajstić information content (AvgIpc) is 2.49. The topological polar surface area (TPSA) is 45.2 Å². The molecule has 1 amide bonds. The van der Waals surface area contributed by atoms with E-state index >= 15 is 0 Å². The molecule has 0 fully saturated rings. The van der Waals surface area contributed by atoms with Crippen LogP contribution >= 0.6 is 0 Å². The van der Waals surface area contributed by atoms with Crippen molar-refractivity contribution in [2.45, 2.75) is 20.8 Å². The summed E-state index contributed by atoms with van der Waals surface area (Å²) in [4.78, 5) is 18.7. The highest BCUT2D eigenvalue weighted by Crippen LogP contribution is 2.19. The van der Waals surface area contributed by atoms with Crippen LogP contribution in [0, 0.1) is 6.92 Å². The summed E-state index contributed by atoms with van der Waals surface area (Å²) in [5, 5.41) is 3.13. The molecule has 1 aromatic carbocycles. The average molecular weight is 283 g/mol. The minimum atomic E-state index is -0.00958. The first-order valence-corrected chi connectivity index (χ1v) is 7.24. The number of aromatic nitrogens is 1. The summed E-state index contributed by atoms with van der Waals surface area (Å²) in [5.74, 6) is 0.716. The van der Waals surface area contributed by atoms with Crippen molar-refractivity contribution >= 4 is 17.4 Å². The molecule has 0 radical (unpaired) electrons. The number of pyridine rings is 1. The maximum absolute atomic E-state index is 12.7. The van der Waals surface area contributed by atoms with Gasteiger partial charge in [0.15, 0.2) is 0 Å². The summed E-state index contributed by atoms with van der Waals surface area (Å²) in [6.07, 6.45) is 1.66. The first-order valence-electron chi connectivity index (χ1n) is 7.24. The van der Waals surface area contributed by atoms with Crippen molar-refractivity contribution in [2.24, 2.45) is 0 Å². The zero-order chi connectivity index (χ0) is 15.2. The summed E-state index contributed by atoms with van der Waals surface area (Å²) in [6.45, 7) is 7.41. The molecular weight excluding hydrogens is 262 g/mol. The number of nitrogens with zero attached hydrogens (tertiary/aromatic N) is 2. The van der Waals surface area contributed by atoms with Gasteiger partial charge in [-0.15, -0.1) is 0 Å². The van der Waals surface area contributed by atoms with Crippen LogP contribution in [0.25, 0.3) is 0 Å². The summed E-state index contributed by atoms with van der Waals surface area (Å²) in [6, 6.07) is 11.5. The van der Waals surface area contributed by atoms with Crippen LogP contribution in [0.5, 0.6) is 0 Å². The lowest BCUT2D eigenvalue weighted by atomic mass is 10.1. The molecule has 2 rings (SSSR count). The van der Waals surface area contributed by atoms with Gasteiger partial charge in [0.05, 0.1) is 0 Å². The smallest absolute Gasteiger partial charge is 0.258 e. The maximum atomic E-state index is 12.7. The third kappa shape index (κ3) is 3.60. The standard InChI is InChI=1S/C17H21N3O/c1-4-18-16-12-14(9-10-19-16)17(21)20(5-2)15-8-6-7-13(3)11-15/h6-12H,4-5H2,1-3H3,(H,18,19). The maximum Gasteiger partial charge on any atom is 0.258 e. The summed E-state index contributed by atoms with van der Waals surface area (Å²) >= 11 is 0. The lowest BCUT2D eigenvalue weighted by Crippen LogP contribution is -2.30. The van der Waals surface area contributed by atoms with Crippen LogP contribution in [0.15, 0.2) is 42.6 Å². The van der Waals surface area contributed by atoms with E-state index in [1.54, 1.807) is 23.2 Å². The Morgan fingerprint density at radius 3 is 2.71 bits per heavy atom. The number of aryl methyl sites for hydroxylation is 1. The molecule has 0 saturated heterocycles. The van der Waals surface area contributed by atoms with Gasteiger partial charge in [-0.2, -0.15) is 0 Å². The van der Waals surface area contributed by atoms with Gasteiger partial charge < -0.3 is 10.2 Å². The first kappa shape index (κ1) is 15.0. The van der Waals surface area contributed by atoms with Crippen LogP contribution < -0.4 is 10.2 Å². The number of benzene rings is 1. The van der Waals surface area contributed by atoms with E-state index in [4.69, 9.17) is 0 Å². The quantitative estimate of drug-likeness (QED) is 0.913. The van der Waals surface area contributed by atoms with Crippen molar-refractivity contribution in [2.75, 3.05) is 23.3 Å². The number of anilines is 2.